The predicted octanol–water partition coefficient (Wildman–Crippen LogP) is 3.16. The number of hydrogen-bond donors (Lipinski definition) is 2. The zero-order valence-corrected chi connectivity index (χ0v) is 16.2. The van der Waals surface area contributed by atoms with Crippen LogP contribution in [0, 0.1) is 0 Å². The lowest BCUT2D eigenvalue weighted by Gasteiger charge is -2.27. The molecule has 0 bridgehead atoms. The number of benzene rings is 1. The van der Waals surface area contributed by atoms with E-state index >= 15 is 0 Å². The van der Waals surface area contributed by atoms with Crippen LogP contribution in [0.15, 0.2) is 60.6 Å². The fourth-order valence-electron chi connectivity index (χ4n) is 4.38. The smallest absolute Gasteiger partial charge is 0.295 e. The van der Waals surface area contributed by atoms with Crippen LogP contribution in [0.2, 0.25) is 0 Å². The Kier molecular flexibility index (Phi) is 4.59. The zero-order chi connectivity index (χ0) is 20.7. The summed E-state index contributed by atoms with van der Waals surface area (Å²) in [5, 5.41) is 11.9. The van der Waals surface area contributed by atoms with Gasteiger partial charge in [0.25, 0.3) is 11.7 Å². The van der Waals surface area contributed by atoms with Gasteiger partial charge in [0.1, 0.15) is 5.76 Å². The van der Waals surface area contributed by atoms with Gasteiger partial charge in [-0.05, 0) is 31.0 Å². The molecule has 4 heterocycles. The highest BCUT2D eigenvalue weighted by atomic mass is 16.5. The van der Waals surface area contributed by atoms with E-state index in [-0.39, 0.29) is 17.4 Å². The van der Waals surface area contributed by atoms with Crippen LogP contribution >= 0.6 is 0 Å². The molecular formula is C23H21N3O4. The Morgan fingerprint density at radius 1 is 1.20 bits per heavy atom. The topological polar surface area (TPSA) is 95.5 Å². The van der Waals surface area contributed by atoms with Crippen LogP contribution in [-0.2, 0) is 14.3 Å². The average Bonchev–Trinajstić information content (AvgIpc) is 3.50. The minimum absolute atomic E-state index is 0.0916. The number of nitrogens with one attached hydrogen (secondary N) is 1. The fourth-order valence-corrected chi connectivity index (χ4v) is 4.38. The van der Waals surface area contributed by atoms with Gasteiger partial charge in [-0.1, -0.05) is 18.2 Å². The van der Waals surface area contributed by atoms with Crippen molar-refractivity contribution in [3.8, 4) is 0 Å². The lowest BCUT2D eigenvalue weighted by molar-refractivity contribution is -0.140. The number of aromatic nitrogens is 2. The number of amides is 1. The maximum Gasteiger partial charge on any atom is 0.295 e. The Morgan fingerprint density at radius 3 is 2.77 bits per heavy atom. The Hall–Kier alpha value is -3.45. The molecule has 2 fully saturated rings. The van der Waals surface area contributed by atoms with Crippen molar-refractivity contribution >= 4 is 28.4 Å². The third-order valence-corrected chi connectivity index (χ3v) is 5.83. The summed E-state index contributed by atoms with van der Waals surface area (Å²) < 4.78 is 5.73. The van der Waals surface area contributed by atoms with Crippen molar-refractivity contribution in [2.45, 2.75) is 25.0 Å². The third kappa shape index (κ3) is 2.98. The molecule has 2 aromatic heterocycles. The number of Topliss-reactive ketones (excluding diaryl/α,β-unsaturated/α-hetero) is 1. The number of aliphatic hydroxyl groups excluding tert-OH is 1. The molecule has 30 heavy (non-hydrogen) atoms. The van der Waals surface area contributed by atoms with Gasteiger partial charge < -0.3 is 19.7 Å². The molecular weight excluding hydrogens is 382 g/mol. The van der Waals surface area contributed by atoms with Crippen LogP contribution in [0.4, 0.5) is 0 Å². The second kappa shape index (κ2) is 7.42. The van der Waals surface area contributed by atoms with Gasteiger partial charge in [-0.3, -0.25) is 14.6 Å². The summed E-state index contributed by atoms with van der Waals surface area (Å²) in [6.45, 7) is 0.964. The molecule has 1 aromatic carbocycles. The first-order valence-corrected chi connectivity index (χ1v) is 10.0. The molecule has 2 unspecified atom stereocenters. The van der Waals surface area contributed by atoms with Gasteiger partial charge in [0.05, 0.1) is 17.7 Å². The molecule has 0 radical (unpaired) electrons. The number of hydrogen-bond acceptors (Lipinski definition) is 5. The molecule has 2 saturated heterocycles. The van der Waals surface area contributed by atoms with Gasteiger partial charge in [0.15, 0.2) is 0 Å². The summed E-state index contributed by atoms with van der Waals surface area (Å²) in [5.41, 5.74) is 2.22. The second-order valence-electron chi connectivity index (χ2n) is 7.61. The van der Waals surface area contributed by atoms with E-state index in [1.54, 1.807) is 17.0 Å². The number of rotatable bonds is 4. The molecule has 2 aliphatic rings. The first-order valence-electron chi connectivity index (χ1n) is 10.0. The molecule has 0 spiro atoms. The highest BCUT2D eigenvalue weighted by molar-refractivity contribution is 6.46. The minimum Gasteiger partial charge on any atom is -0.507 e. The van der Waals surface area contributed by atoms with Crippen LogP contribution in [-0.4, -0.2) is 50.9 Å². The number of likely N-dealkylation sites (tertiary alicyclic amines) is 1. The normalized spacial score (nSPS) is 23.5. The first kappa shape index (κ1) is 18.6. The number of carbonyl (C=O) groups excluding carboxylic acids is 2. The lowest BCUT2D eigenvalue weighted by atomic mass is 9.95. The van der Waals surface area contributed by atoms with Crippen LogP contribution < -0.4 is 0 Å². The zero-order valence-electron chi connectivity index (χ0n) is 16.2. The molecule has 2 aliphatic heterocycles. The molecule has 5 rings (SSSR count). The summed E-state index contributed by atoms with van der Waals surface area (Å²) in [6.07, 6.45) is 6.55. The van der Waals surface area contributed by atoms with Crippen molar-refractivity contribution < 1.29 is 19.4 Å². The molecule has 0 saturated carbocycles. The summed E-state index contributed by atoms with van der Waals surface area (Å²) in [7, 11) is 0. The maximum atomic E-state index is 13.1. The summed E-state index contributed by atoms with van der Waals surface area (Å²) >= 11 is 0. The van der Waals surface area contributed by atoms with E-state index in [1.807, 2.05) is 30.5 Å². The van der Waals surface area contributed by atoms with Crippen LogP contribution in [0.25, 0.3) is 16.7 Å². The number of fused-ring (bicyclic) bond motifs is 1. The fraction of sp³-hybridized carbons (Fsp3) is 0.261. The number of nitrogens with zero attached hydrogens (tertiary/aromatic N) is 2. The first-order chi connectivity index (χ1) is 14.6. The monoisotopic (exact) mass is 403 g/mol. The van der Waals surface area contributed by atoms with E-state index in [4.69, 9.17) is 4.74 Å². The number of pyridine rings is 1. The van der Waals surface area contributed by atoms with Crippen molar-refractivity contribution in [3.05, 3.63) is 71.7 Å². The largest absolute Gasteiger partial charge is 0.507 e. The Labute approximate surface area is 173 Å². The molecule has 3 aromatic rings. The Balaban J connectivity index is 1.68. The molecule has 7 nitrogen and oxygen atoms in total. The Bertz CT molecular complexity index is 1150. The summed E-state index contributed by atoms with van der Waals surface area (Å²) in [6, 6.07) is 10.3. The van der Waals surface area contributed by atoms with Gasteiger partial charge >= 0.3 is 0 Å². The molecule has 7 heteroatoms. The summed E-state index contributed by atoms with van der Waals surface area (Å²) in [5.74, 6) is -1.49. The van der Waals surface area contributed by atoms with Gasteiger partial charge in [0.2, 0.25) is 0 Å². The molecule has 1 amide bonds. The Morgan fingerprint density at radius 2 is 2.00 bits per heavy atom. The number of aromatic amines is 1. The number of ether oxygens (including phenoxy) is 1. The van der Waals surface area contributed by atoms with Crippen molar-refractivity contribution in [2.75, 3.05) is 13.2 Å². The SMILES string of the molecule is O=C1C(=O)N(CC2CCCO2)C(c2c[nH]c3ccccc23)/C1=C(\O)c1ccncc1. The van der Waals surface area contributed by atoms with Gasteiger partial charge in [-0.2, -0.15) is 0 Å². The number of H-pyrrole nitrogens is 1. The highest BCUT2D eigenvalue weighted by Gasteiger charge is 2.47. The van der Waals surface area contributed by atoms with E-state index < -0.39 is 17.7 Å². The van der Waals surface area contributed by atoms with Crippen molar-refractivity contribution in [2.24, 2.45) is 0 Å². The minimum atomic E-state index is -0.696. The van der Waals surface area contributed by atoms with E-state index in [0.717, 1.165) is 29.3 Å². The molecule has 2 N–H and O–H groups in total. The average molecular weight is 403 g/mol. The number of aliphatic hydroxyl groups is 1. The third-order valence-electron chi connectivity index (χ3n) is 5.83. The van der Waals surface area contributed by atoms with Crippen molar-refractivity contribution in [3.63, 3.8) is 0 Å². The van der Waals surface area contributed by atoms with Crippen LogP contribution in [0.5, 0.6) is 0 Å². The number of ketones is 1. The molecule has 152 valence electrons. The number of carbonyl (C=O) groups is 2. The van der Waals surface area contributed by atoms with Crippen LogP contribution in [0.1, 0.15) is 30.0 Å². The van der Waals surface area contributed by atoms with E-state index in [9.17, 15) is 14.7 Å². The van der Waals surface area contributed by atoms with Crippen molar-refractivity contribution in [1.82, 2.24) is 14.9 Å². The van der Waals surface area contributed by atoms with Gasteiger partial charge in [-0.15, -0.1) is 0 Å². The standard InChI is InChI=1S/C23H21N3O4/c27-21(14-7-9-24-10-8-14)19-20(17-12-25-18-6-2-1-5-16(17)18)26(23(29)22(19)28)13-15-4-3-11-30-15/h1-2,5-10,12,15,20,25,27H,3-4,11,13H2/b21-19+. The second-order valence-corrected chi connectivity index (χ2v) is 7.61. The molecule has 2 atom stereocenters. The highest BCUT2D eigenvalue weighted by Crippen LogP contribution is 2.42. The predicted molar refractivity (Wildman–Crippen MR) is 111 cm³/mol. The lowest BCUT2D eigenvalue weighted by Crippen LogP contribution is -2.36. The van der Waals surface area contributed by atoms with E-state index in [0.29, 0.717) is 18.7 Å². The quantitative estimate of drug-likeness (QED) is 0.396. The maximum absolute atomic E-state index is 13.1. The van der Waals surface area contributed by atoms with E-state index in [1.165, 1.54) is 12.4 Å². The molecule has 0 aliphatic carbocycles. The van der Waals surface area contributed by atoms with E-state index in [2.05, 4.69) is 9.97 Å². The summed E-state index contributed by atoms with van der Waals surface area (Å²) in [4.78, 5) is 34.8. The number of para-hydroxylation sites is 1. The van der Waals surface area contributed by atoms with Crippen LogP contribution in [0.3, 0.4) is 0 Å². The van der Waals surface area contributed by atoms with Gasteiger partial charge in [0, 0.05) is 53.8 Å². The van der Waals surface area contributed by atoms with Crippen molar-refractivity contribution in [1.29, 1.82) is 0 Å². The van der Waals surface area contributed by atoms with Gasteiger partial charge in [-0.25, -0.2) is 0 Å².